The third kappa shape index (κ3) is 3.51. The number of carbonyl (C=O) groups is 1. The van der Waals surface area contributed by atoms with Gasteiger partial charge in [-0.3, -0.25) is 4.79 Å². The predicted molar refractivity (Wildman–Crippen MR) is 100.0 cm³/mol. The molecular weight excluding hydrogens is 336 g/mol. The summed E-state index contributed by atoms with van der Waals surface area (Å²) in [6.07, 6.45) is 1.75. The van der Waals surface area contributed by atoms with Crippen LogP contribution in [-0.2, 0) is 0 Å². The number of benzene rings is 1. The second-order valence-electron chi connectivity index (χ2n) is 6.47. The van der Waals surface area contributed by atoms with Crippen LogP contribution in [0.1, 0.15) is 54.5 Å². The van der Waals surface area contributed by atoms with Crippen molar-refractivity contribution < 1.29 is 4.79 Å². The van der Waals surface area contributed by atoms with Gasteiger partial charge in [-0.1, -0.05) is 23.7 Å². The molecule has 0 saturated carbocycles. The lowest BCUT2D eigenvalue weighted by molar-refractivity contribution is 0.0939. The molecule has 0 bridgehead atoms. The Balaban J connectivity index is 1.88. The standard InChI is InChI=1S/C19H21ClN4O/c1-11(2)24-18-15(10-21-24)9-17(13(4)22-18)19(25)23-12(3)14-6-5-7-16(20)8-14/h5-12H,1-4H3,(H,23,25)/t12-/m1/s1. The van der Waals surface area contributed by atoms with Gasteiger partial charge >= 0.3 is 0 Å². The van der Waals surface area contributed by atoms with E-state index in [0.29, 0.717) is 16.3 Å². The highest BCUT2D eigenvalue weighted by atomic mass is 35.5. The molecular formula is C19H21ClN4O. The fraction of sp³-hybridized carbons (Fsp3) is 0.316. The number of amides is 1. The molecule has 1 aromatic carbocycles. The Labute approximate surface area is 152 Å². The minimum absolute atomic E-state index is 0.153. The van der Waals surface area contributed by atoms with E-state index in [4.69, 9.17) is 11.6 Å². The zero-order chi connectivity index (χ0) is 18.1. The highest BCUT2D eigenvalue weighted by molar-refractivity contribution is 6.30. The number of aromatic nitrogens is 3. The summed E-state index contributed by atoms with van der Waals surface area (Å²) >= 11 is 6.03. The molecule has 0 aliphatic rings. The van der Waals surface area contributed by atoms with Gasteiger partial charge < -0.3 is 5.32 Å². The SMILES string of the molecule is Cc1nc2c(cnn2C(C)C)cc1C(=O)N[C@H](C)c1cccc(Cl)c1. The van der Waals surface area contributed by atoms with Gasteiger partial charge in [-0.05, 0) is 51.5 Å². The first-order valence-electron chi connectivity index (χ1n) is 8.28. The Morgan fingerprint density at radius 2 is 2.00 bits per heavy atom. The third-order valence-corrected chi connectivity index (χ3v) is 4.42. The summed E-state index contributed by atoms with van der Waals surface area (Å²) in [5.74, 6) is -0.156. The fourth-order valence-electron chi connectivity index (χ4n) is 2.81. The van der Waals surface area contributed by atoms with Crippen LogP contribution >= 0.6 is 11.6 Å². The summed E-state index contributed by atoms with van der Waals surface area (Å²) in [5, 5.41) is 8.89. The molecule has 130 valence electrons. The van der Waals surface area contributed by atoms with Gasteiger partial charge in [0.05, 0.1) is 23.5 Å². The van der Waals surface area contributed by atoms with Crippen LogP contribution in [0.3, 0.4) is 0 Å². The van der Waals surface area contributed by atoms with Crippen LogP contribution in [0.4, 0.5) is 0 Å². The predicted octanol–water partition coefficient (Wildman–Crippen LogP) is 4.47. The average molecular weight is 357 g/mol. The van der Waals surface area contributed by atoms with Crippen LogP contribution in [0.5, 0.6) is 0 Å². The molecule has 1 N–H and O–H groups in total. The molecule has 25 heavy (non-hydrogen) atoms. The van der Waals surface area contributed by atoms with Gasteiger partial charge in [0.1, 0.15) is 0 Å². The number of nitrogens with one attached hydrogen (secondary N) is 1. The number of hydrogen-bond donors (Lipinski definition) is 1. The van der Waals surface area contributed by atoms with E-state index in [1.807, 2.05) is 48.9 Å². The van der Waals surface area contributed by atoms with Crippen LogP contribution in [-0.4, -0.2) is 20.7 Å². The van der Waals surface area contributed by atoms with E-state index in [-0.39, 0.29) is 18.0 Å². The first-order chi connectivity index (χ1) is 11.9. The third-order valence-electron chi connectivity index (χ3n) is 4.19. The summed E-state index contributed by atoms with van der Waals surface area (Å²) in [6.45, 7) is 7.88. The number of carbonyl (C=O) groups excluding carboxylic acids is 1. The second kappa shape index (κ2) is 6.84. The zero-order valence-corrected chi connectivity index (χ0v) is 15.5. The Bertz CT molecular complexity index is 932. The van der Waals surface area contributed by atoms with Gasteiger partial charge in [0.2, 0.25) is 0 Å². The molecule has 0 saturated heterocycles. The van der Waals surface area contributed by atoms with Crippen LogP contribution in [0.15, 0.2) is 36.5 Å². The number of nitrogens with zero attached hydrogens (tertiary/aromatic N) is 3. The maximum Gasteiger partial charge on any atom is 0.253 e. The summed E-state index contributed by atoms with van der Waals surface area (Å²) in [5.41, 5.74) is 3.00. The molecule has 0 aliphatic carbocycles. The van der Waals surface area contributed by atoms with Crippen molar-refractivity contribution in [2.45, 2.75) is 39.8 Å². The molecule has 3 aromatic rings. The number of rotatable bonds is 4. The van der Waals surface area contributed by atoms with E-state index < -0.39 is 0 Å². The number of fused-ring (bicyclic) bond motifs is 1. The number of halogens is 1. The lowest BCUT2D eigenvalue weighted by atomic mass is 10.1. The molecule has 0 unspecified atom stereocenters. The van der Waals surface area contributed by atoms with E-state index in [0.717, 1.165) is 16.6 Å². The van der Waals surface area contributed by atoms with Gasteiger partial charge in [-0.2, -0.15) is 5.10 Å². The Hall–Kier alpha value is -2.40. The van der Waals surface area contributed by atoms with Crippen molar-refractivity contribution in [3.05, 3.63) is 58.4 Å². The first kappa shape index (κ1) is 17.4. The number of pyridine rings is 1. The lowest BCUT2D eigenvalue weighted by Crippen LogP contribution is -2.27. The monoisotopic (exact) mass is 356 g/mol. The minimum atomic E-state index is -0.156. The maximum absolute atomic E-state index is 12.7. The van der Waals surface area contributed by atoms with Crippen LogP contribution in [0, 0.1) is 6.92 Å². The van der Waals surface area contributed by atoms with Gasteiger partial charge in [0, 0.05) is 16.5 Å². The normalized spacial score (nSPS) is 12.6. The van der Waals surface area contributed by atoms with Gasteiger partial charge in [0.15, 0.2) is 5.65 Å². The molecule has 2 aromatic heterocycles. The van der Waals surface area contributed by atoms with Crippen molar-refractivity contribution in [2.24, 2.45) is 0 Å². The molecule has 1 amide bonds. The minimum Gasteiger partial charge on any atom is -0.345 e. The van der Waals surface area contributed by atoms with Crippen molar-refractivity contribution in [1.29, 1.82) is 0 Å². The molecule has 5 nitrogen and oxygen atoms in total. The molecule has 0 fully saturated rings. The van der Waals surface area contributed by atoms with Crippen molar-refractivity contribution in [1.82, 2.24) is 20.1 Å². The molecule has 1 atom stereocenters. The second-order valence-corrected chi connectivity index (χ2v) is 6.90. The molecule has 3 rings (SSSR count). The van der Waals surface area contributed by atoms with E-state index in [2.05, 4.69) is 29.2 Å². The lowest BCUT2D eigenvalue weighted by Gasteiger charge is -2.16. The fourth-order valence-corrected chi connectivity index (χ4v) is 3.01. The summed E-state index contributed by atoms with van der Waals surface area (Å²) in [4.78, 5) is 17.3. The summed E-state index contributed by atoms with van der Waals surface area (Å²) in [7, 11) is 0. The molecule has 0 radical (unpaired) electrons. The van der Waals surface area contributed by atoms with E-state index in [1.165, 1.54) is 0 Å². The quantitative estimate of drug-likeness (QED) is 0.750. The van der Waals surface area contributed by atoms with Gasteiger partial charge in [0.25, 0.3) is 5.91 Å². The zero-order valence-electron chi connectivity index (χ0n) is 14.7. The molecule has 6 heteroatoms. The largest absolute Gasteiger partial charge is 0.345 e. The number of aryl methyl sites for hydroxylation is 1. The van der Waals surface area contributed by atoms with E-state index in [9.17, 15) is 4.79 Å². The smallest absolute Gasteiger partial charge is 0.253 e. The maximum atomic E-state index is 12.7. The topological polar surface area (TPSA) is 59.8 Å². The van der Waals surface area contributed by atoms with Crippen molar-refractivity contribution in [2.75, 3.05) is 0 Å². The molecule has 0 spiro atoms. The highest BCUT2D eigenvalue weighted by Gasteiger charge is 2.17. The molecule has 2 heterocycles. The summed E-state index contributed by atoms with van der Waals surface area (Å²) in [6, 6.07) is 9.40. The van der Waals surface area contributed by atoms with Crippen molar-refractivity contribution in [3.63, 3.8) is 0 Å². The van der Waals surface area contributed by atoms with Crippen LogP contribution < -0.4 is 5.32 Å². The van der Waals surface area contributed by atoms with Crippen molar-refractivity contribution >= 4 is 28.5 Å². The first-order valence-corrected chi connectivity index (χ1v) is 8.66. The summed E-state index contributed by atoms with van der Waals surface area (Å²) < 4.78 is 1.86. The van der Waals surface area contributed by atoms with E-state index >= 15 is 0 Å². The molecule has 0 aliphatic heterocycles. The highest BCUT2D eigenvalue weighted by Crippen LogP contribution is 2.21. The van der Waals surface area contributed by atoms with Gasteiger partial charge in [-0.25, -0.2) is 9.67 Å². The van der Waals surface area contributed by atoms with Crippen LogP contribution in [0.25, 0.3) is 11.0 Å². The van der Waals surface area contributed by atoms with Gasteiger partial charge in [-0.15, -0.1) is 0 Å². The van der Waals surface area contributed by atoms with E-state index in [1.54, 1.807) is 6.20 Å². The Morgan fingerprint density at radius 3 is 2.68 bits per heavy atom. The Kier molecular flexibility index (Phi) is 4.77. The van der Waals surface area contributed by atoms with Crippen molar-refractivity contribution in [3.8, 4) is 0 Å². The van der Waals surface area contributed by atoms with Crippen LogP contribution in [0.2, 0.25) is 5.02 Å². The average Bonchev–Trinajstić information content (AvgIpc) is 2.96. The number of hydrogen-bond acceptors (Lipinski definition) is 3. The Morgan fingerprint density at radius 1 is 1.24 bits per heavy atom.